The van der Waals surface area contributed by atoms with E-state index in [0.29, 0.717) is 33.7 Å². The van der Waals surface area contributed by atoms with Crippen LogP contribution in [0.1, 0.15) is 11.1 Å². The van der Waals surface area contributed by atoms with E-state index in [-0.39, 0.29) is 21.7 Å². The fraction of sp³-hybridized carbons (Fsp3) is 0.0811. The number of benzene rings is 6. The van der Waals surface area contributed by atoms with E-state index in [1.165, 1.54) is 37.4 Å². The van der Waals surface area contributed by atoms with Gasteiger partial charge in [-0.05, 0) is 104 Å². The van der Waals surface area contributed by atoms with Crippen molar-refractivity contribution in [1.82, 2.24) is 0 Å². The van der Waals surface area contributed by atoms with Gasteiger partial charge >= 0.3 is 0 Å². The Bertz CT molecular complexity index is 2560. The Morgan fingerprint density at radius 2 is 1.35 bits per heavy atom. The molecule has 0 saturated heterocycles. The standard InChI is InChI=1S/C37H32N6O7S2/c1-23-9-11-28(12-10-23)43-51(45,46)30-16-13-27(14-17-30)39-40-32-22-34(50-3)33(19-24(32)2)41-42-36-35(52(47,48)49)21-25-20-29(15-18-31(25)37(36)44)38-26-7-5-4-6-8-26/h4-22,38,43-44H,1-3H3,(H,47,48,49). The molecule has 0 atom stereocenters. The Hall–Kier alpha value is -6.16. The highest BCUT2D eigenvalue weighted by Crippen LogP contribution is 2.43. The molecule has 264 valence electrons. The third kappa shape index (κ3) is 8.07. The number of anilines is 3. The number of sulfonamides is 1. The van der Waals surface area contributed by atoms with Crippen LogP contribution in [0.4, 0.5) is 39.8 Å². The van der Waals surface area contributed by atoms with Crippen molar-refractivity contribution in [3.63, 3.8) is 0 Å². The van der Waals surface area contributed by atoms with Crippen LogP contribution in [0.25, 0.3) is 10.8 Å². The molecule has 0 saturated carbocycles. The van der Waals surface area contributed by atoms with Crippen LogP contribution in [0, 0.1) is 13.8 Å². The molecule has 0 radical (unpaired) electrons. The molecular formula is C37H32N6O7S2. The Kier molecular flexibility index (Phi) is 10.0. The fourth-order valence-corrected chi connectivity index (χ4v) is 6.88. The maximum Gasteiger partial charge on any atom is 0.296 e. The van der Waals surface area contributed by atoms with Crippen molar-refractivity contribution in [2.75, 3.05) is 17.1 Å². The topological polar surface area (TPSA) is 191 Å². The zero-order valence-electron chi connectivity index (χ0n) is 28.0. The number of methoxy groups -OCH3 is 1. The van der Waals surface area contributed by atoms with Gasteiger partial charge in [0.15, 0.2) is 5.75 Å². The molecule has 6 aromatic carbocycles. The van der Waals surface area contributed by atoms with Crippen molar-refractivity contribution >= 4 is 70.7 Å². The molecule has 0 heterocycles. The first-order valence-corrected chi connectivity index (χ1v) is 18.5. The Morgan fingerprint density at radius 3 is 2.02 bits per heavy atom. The van der Waals surface area contributed by atoms with Gasteiger partial charge in [-0.3, -0.25) is 9.27 Å². The molecule has 52 heavy (non-hydrogen) atoms. The molecule has 6 aromatic rings. The second-order valence-electron chi connectivity index (χ2n) is 11.6. The molecule has 0 amide bonds. The van der Waals surface area contributed by atoms with E-state index >= 15 is 0 Å². The Balaban J connectivity index is 1.25. The second-order valence-corrected chi connectivity index (χ2v) is 14.7. The Labute approximate surface area is 300 Å². The number of phenols is 1. The van der Waals surface area contributed by atoms with Crippen LogP contribution in [-0.2, 0) is 20.1 Å². The van der Waals surface area contributed by atoms with Crippen molar-refractivity contribution in [3.8, 4) is 11.5 Å². The first-order chi connectivity index (χ1) is 24.8. The molecule has 6 rings (SSSR count). The van der Waals surface area contributed by atoms with Crippen molar-refractivity contribution in [2.45, 2.75) is 23.6 Å². The van der Waals surface area contributed by atoms with Gasteiger partial charge in [0.25, 0.3) is 20.1 Å². The van der Waals surface area contributed by atoms with Gasteiger partial charge in [0.1, 0.15) is 22.0 Å². The quantitative estimate of drug-likeness (QED) is 0.0746. The average molecular weight is 737 g/mol. The van der Waals surface area contributed by atoms with Gasteiger partial charge in [0.2, 0.25) is 0 Å². The number of nitrogens with one attached hydrogen (secondary N) is 2. The van der Waals surface area contributed by atoms with E-state index in [2.05, 4.69) is 30.5 Å². The Morgan fingerprint density at radius 1 is 0.673 bits per heavy atom. The maximum absolute atomic E-state index is 12.8. The monoisotopic (exact) mass is 736 g/mol. The fourth-order valence-electron chi connectivity index (χ4n) is 5.17. The molecule has 0 aromatic heterocycles. The minimum Gasteiger partial charge on any atom is -0.505 e. The highest BCUT2D eigenvalue weighted by atomic mass is 32.2. The summed E-state index contributed by atoms with van der Waals surface area (Å²) in [7, 11) is -7.27. The van der Waals surface area contributed by atoms with E-state index in [4.69, 9.17) is 4.74 Å². The lowest BCUT2D eigenvalue weighted by molar-refractivity contribution is 0.416. The zero-order valence-corrected chi connectivity index (χ0v) is 29.6. The van der Waals surface area contributed by atoms with Crippen LogP contribution in [0.2, 0.25) is 0 Å². The first kappa shape index (κ1) is 35.7. The number of aromatic hydroxyl groups is 1. The largest absolute Gasteiger partial charge is 0.505 e. The van der Waals surface area contributed by atoms with Crippen molar-refractivity contribution < 1.29 is 31.2 Å². The van der Waals surface area contributed by atoms with Crippen LogP contribution in [-0.4, -0.2) is 33.6 Å². The molecule has 0 aliphatic rings. The summed E-state index contributed by atoms with van der Waals surface area (Å²) in [5, 5.41) is 31.7. The van der Waals surface area contributed by atoms with E-state index in [9.17, 15) is 26.5 Å². The number of nitrogens with zero attached hydrogens (tertiary/aromatic N) is 4. The summed E-state index contributed by atoms with van der Waals surface area (Å²) < 4.78 is 68.7. The van der Waals surface area contributed by atoms with E-state index in [1.807, 2.05) is 49.4 Å². The molecule has 0 bridgehead atoms. The van der Waals surface area contributed by atoms with Gasteiger partial charge in [-0.2, -0.15) is 18.6 Å². The number of fused-ring (bicyclic) bond motifs is 1. The summed E-state index contributed by atoms with van der Waals surface area (Å²) in [6, 6.07) is 31.5. The number of rotatable bonds is 11. The van der Waals surface area contributed by atoms with E-state index in [0.717, 1.165) is 11.3 Å². The summed E-state index contributed by atoms with van der Waals surface area (Å²) in [4.78, 5) is -0.581. The molecule has 0 unspecified atom stereocenters. The van der Waals surface area contributed by atoms with Gasteiger partial charge in [-0.15, -0.1) is 10.2 Å². The number of para-hydroxylation sites is 1. The third-order valence-electron chi connectivity index (χ3n) is 7.87. The molecule has 15 heteroatoms. The first-order valence-electron chi connectivity index (χ1n) is 15.6. The van der Waals surface area contributed by atoms with Crippen LogP contribution in [0.15, 0.2) is 146 Å². The zero-order chi connectivity index (χ0) is 37.0. The summed E-state index contributed by atoms with van der Waals surface area (Å²) >= 11 is 0. The summed E-state index contributed by atoms with van der Waals surface area (Å²) in [6.07, 6.45) is 0. The summed E-state index contributed by atoms with van der Waals surface area (Å²) in [5.74, 6) is -0.289. The predicted octanol–water partition coefficient (Wildman–Crippen LogP) is 9.79. The van der Waals surface area contributed by atoms with E-state index in [1.54, 1.807) is 49.4 Å². The molecule has 13 nitrogen and oxygen atoms in total. The van der Waals surface area contributed by atoms with Crippen molar-refractivity contribution in [2.24, 2.45) is 20.5 Å². The predicted molar refractivity (Wildman–Crippen MR) is 200 cm³/mol. The summed E-state index contributed by atoms with van der Waals surface area (Å²) in [6.45, 7) is 3.64. The minimum absolute atomic E-state index is 0.0546. The summed E-state index contributed by atoms with van der Waals surface area (Å²) in [5.41, 5.74) is 3.99. The van der Waals surface area contributed by atoms with Gasteiger partial charge in [0, 0.05) is 28.5 Å². The molecule has 0 aliphatic heterocycles. The molecule has 4 N–H and O–H groups in total. The van der Waals surface area contributed by atoms with Gasteiger partial charge in [0.05, 0.1) is 23.4 Å². The van der Waals surface area contributed by atoms with Gasteiger partial charge < -0.3 is 15.2 Å². The second kappa shape index (κ2) is 14.6. The number of aryl methyl sites for hydroxylation is 2. The van der Waals surface area contributed by atoms with Crippen molar-refractivity contribution in [1.29, 1.82) is 0 Å². The van der Waals surface area contributed by atoms with Crippen molar-refractivity contribution in [3.05, 3.63) is 126 Å². The minimum atomic E-state index is -4.84. The highest BCUT2D eigenvalue weighted by Gasteiger charge is 2.23. The smallest absolute Gasteiger partial charge is 0.296 e. The molecule has 0 spiro atoms. The van der Waals surface area contributed by atoms with Crippen LogP contribution in [0.3, 0.4) is 0 Å². The normalized spacial score (nSPS) is 12.1. The number of ether oxygens (including phenoxy) is 1. The lowest BCUT2D eigenvalue weighted by Crippen LogP contribution is -2.12. The molecule has 0 aliphatic carbocycles. The lowest BCUT2D eigenvalue weighted by atomic mass is 10.1. The molecule has 0 fully saturated rings. The molecular weight excluding hydrogens is 705 g/mol. The number of hydrogen-bond acceptors (Lipinski definition) is 11. The van der Waals surface area contributed by atoms with Crippen LogP contribution in [0.5, 0.6) is 11.5 Å². The number of hydrogen-bond donors (Lipinski definition) is 4. The maximum atomic E-state index is 12.8. The van der Waals surface area contributed by atoms with Gasteiger partial charge in [-0.1, -0.05) is 35.9 Å². The van der Waals surface area contributed by atoms with Gasteiger partial charge in [-0.25, -0.2) is 8.42 Å². The average Bonchev–Trinajstić information content (AvgIpc) is 3.11. The van der Waals surface area contributed by atoms with Crippen LogP contribution < -0.4 is 14.8 Å². The number of azo groups is 2. The highest BCUT2D eigenvalue weighted by molar-refractivity contribution is 7.92. The third-order valence-corrected chi connectivity index (χ3v) is 10.1. The lowest BCUT2D eigenvalue weighted by Gasteiger charge is -2.12. The number of phenolic OH excluding ortho intramolecular Hbond substituents is 1. The van der Waals surface area contributed by atoms with E-state index < -0.39 is 36.5 Å². The SMILES string of the molecule is COc1cc(N=Nc2ccc(S(=O)(=O)Nc3ccc(C)cc3)cc2)c(C)cc1N=Nc1c(S(=O)(=O)O)cc2cc(Nc3ccccc3)ccc2c1O. The van der Waals surface area contributed by atoms with Crippen LogP contribution >= 0.6 is 0 Å².